The number of hydrogen-bond acceptors (Lipinski definition) is 0. The molecule has 0 radical (unpaired) electrons. The molecule has 0 spiro atoms. The zero-order chi connectivity index (χ0) is 13.0. The molecule has 0 aromatic heterocycles. The minimum Gasteiger partial charge on any atom is -0.0625 e. The molecule has 18 heavy (non-hydrogen) atoms. The number of aryl methyl sites for hydroxylation is 1. The first kappa shape index (κ1) is 12.9. The molecule has 0 fully saturated rings. The highest BCUT2D eigenvalue weighted by atomic mass is 14.1. The maximum atomic E-state index is 2.28. The fourth-order valence-corrected chi connectivity index (χ4v) is 2.29. The first-order valence-electron chi connectivity index (χ1n) is 6.77. The summed E-state index contributed by atoms with van der Waals surface area (Å²) in [4.78, 5) is 0. The van der Waals surface area contributed by atoms with E-state index in [2.05, 4.69) is 69.3 Å². The molecule has 94 valence electrons. The van der Waals surface area contributed by atoms with Crippen molar-refractivity contribution < 1.29 is 0 Å². The Hall–Kier alpha value is -1.56. The Balaban J connectivity index is 2.20. The molecule has 2 aromatic rings. The van der Waals surface area contributed by atoms with Crippen LogP contribution in [0.1, 0.15) is 36.1 Å². The normalized spacial score (nSPS) is 10.9. The second-order valence-corrected chi connectivity index (χ2v) is 5.53. The molecule has 0 N–H and O–H groups in total. The minimum atomic E-state index is 0.712. The van der Waals surface area contributed by atoms with Crippen LogP contribution in [0.4, 0.5) is 0 Å². The fourth-order valence-electron chi connectivity index (χ4n) is 2.29. The van der Waals surface area contributed by atoms with Crippen LogP contribution in [-0.2, 0) is 12.8 Å². The van der Waals surface area contributed by atoms with Crippen molar-refractivity contribution in [2.24, 2.45) is 5.92 Å². The molecule has 2 rings (SSSR count). The Labute approximate surface area is 111 Å². The van der Waals surface area contributed by atoms with Gasteiger partial charge in [0.15, 0.2) is 0 Å². The van der Waals surface area contributed by atoms with Gasteiger partial charge in [0, 0.05) is 0 Å². The third kappa shape index (κ3) is 3.46. The molecule has 0 unspecified atom stereocenters. The molecule has 0 aliphatic heterocycles. The summed E-state index contributed by atoms with van der Waals surface area (Å²) in [5.74, 6) is 0.712. The molecular weight excluding hydrogens is 216 g/mol. The molecule has 0 aliphatic rings. The van der Waals surface area contributed by atoms with E-state index in [1.54, 1.807) is 0 Å². The lowest BCUT2D eigenvalue weighted by molar-refractivity contribution is 0.643. The van der Waals surface area contributed by atoms with E-state index in [1.165, 1.54) is 28.7 Å². The van der Waals surface area contributed by atoms with Gasteiger partial charge in [0.05, 0.1) is 0 Å². The lowest BCUT2D eigenvalue weighted by Gasteiger charge is -2.11. The molecule has 0 heterocycles. The topological polar surface area (TPSA) is 0 Å². The zero-order valence-electron chi connectivity index (χ0n) is 11.6. The van der Waals surface area contributed by atoms with Gasteiger partial charge >= 0.3 is 0 Å². The summed E-state index contributed by atoms with van der Waals surface area (Å²) in [6.45, 7) is 6.70. The minimum absolute atomic E-state index is 0.712. The van der Waals surface area contributed by atoms with Gasteiger partial charge in [-0.2, -0.15) is 0 Å². The van der Waals surface area contributed by atoms with Crippen LogP contribution in [0.3, 0.4) is 0 Å². The van der Waals surface area contributed by atoms with Crippen molar-refractivity contribution in [3.63, 3.8) is 0 Å². The number of hydrogen-bond donors (Lipinski definition) is 0. The highest BCUT2D eigenvalue weighted by molar-refractivity contribution is 5.34. The van der Waals surface area contributed by atoms with Gasteiger partial charge in [-0.05, 0) is 42.4 Å². The monoisotopic (exact) mass is 238 g/mol. The van der Waals surface area contributed by atoms with Crippen molar-refractivity contribution in [2.45, 2.75) is 33.6 Å². The molecule has 0 bridgehead atoms. The predicted molar refractivity (Wildman–Crippen MR) is 79.0 cm³/mol. The van der Waals surface area contributed by atoms with Crippen molar-refractivity contribution in [1.29, 1.82) is 0 Å². The summed E-state index contributed by atoms with van der Waals surface area (Å²) in [7, 11) is 0. The average molecular weight is 238 g/mol. The van der Waals surface area contributed by atoms with E-state index in [0.717, 1.165) is 6.42 Å². The van der Waals surface area contributed by atoms with E-state index in [0.29, 0.717) is 5.92 Å². The Morgan fingerprint density at radius 1 is 0.833 bits per heavy atom. The van der Waals surface area contributed by atoms with Gasteiger partial charge in [0.1, 0.15) is 0 Å². The predicted octanol–water partition coefficient (Wildman–Crippen LogP) is 4.78. The first-order valence-corrected chi connectivity index (χ1v) is 6.77. The van der Waals surface area contributed by atoms with Crippen molar-refractivity contribution in [3.8, 4) is 0 Å². The van der Waals surface area contributed by atoms with Crippen LogP contribution >= 0.6 is 0 Å². The molecule has 0 atom stereocenters. The van der Waals surface area contributed by atoms with E-state index in [9.17, 15) is 0 Å². The van der Waals surface area contributed by atoms with Gasteiger partial charge in [-0.1, -0.05) is 67.9 Å². The Bertz CT molecular complexity index is 492. The quantitative estimate of drug-likeness (QED) is 0.718. The number of rotatable bonds is 4. The highest BCUT2D eigenvalue weighted by Gasteiger charge is 2.05. The molecule has 0 nitrogen and oxygen atoms in total. The third-order valence-corrected chi connectivity index (χ3v) is 3.26. The second-order valence-electron chi connectivity index (χ2n) is 5.53. The van der Waals surface area contributed by atoms with E-state index in [-0.39, 0.29) is 0 Å². The molecule has 0 aliphatic carbocycles. The van der Waals surface area contributed by atoms with Gasteiger partial charge in [0.25, 0.3) is 0 Å². The summed E-state index contributed by atoms with van der Waals surface area (Å²) in [6.07, 6.45) is 2.21. The summed E-state index contributed by atoms with van der Waals surface area (Å²) >= 11 is 0. The van der Waals surface area contributed by atoms with Crippen molar-refractivity contribution in [3.05, 3.63) is 70.8 Å². The van der Waals surface area contributed by atoms with E-state index < -0.39 is 0 Å². The molecule has 0 saturated heterocycles. The average Bonchev–Trinajstić information content (AvgIpc) is 2.34. The Morgan fingerprint density at radius 3 is 2.06 bits per heavy atom. The molecule has 0 amide bonds. The van der Waals surface area contributed by atoms with E-state index >= 15 is 0 Å². The highest BCUT2D eigenvalue weighted by Crippen LogP contribution is 2.18. The zero-order valence-corrected chi connectivity index (χ0v) is 11.6. The summed E-state index contributed by atoms with van der Waals surface area (Å²) in [5.41, 5.74) is 5.69. The van der Waals surface area contributed by atoms with Crippen LogP contribution in [0.5, 0.6) is 0 Å². The van der Waals surface area contributed by atoms with Crippen molar-refractivity contribution in [2.75, 3.05) is 0 Å². The molecule has 0 heteroatoms. The van der Waals surface area contributed by atoms with Crippen LogP contribution < -0.4 is 0 Å². The lowest BCUT2D eigenvalue weighted by atomic mass is 9.94. The first-order chi connectivity index (χ1) is 8.65. The van der Waals surface area contributed by atoms with Gasteiger partial charge in [0.2, 0.25) is 0 Å². The Morgan fingerprint density at radius 2 is 1.44 bits per heavy atom. The fraction of sp³-hybridized carbons (Fsp3) is 0.333. The lowest BCUT2D eigenvalue weighted by Crippen LogP contribution is -2.00. The third-order valence-electron chi connectivity index (χ3n) is 3.26. The van der Waals surface area contributed by atoms with Crippen LogP contribution in [0.2, 0.25) is 0 Å². The maximum absolute atomic E-state index is 2.28. The molecular formula is C18H22. The van der Waals surface area contributed by atoms with Gasteiger partial charge in [-0.25, -0.2) is 0 Å². The SMILES string of the molecule is Cc1ccc(Cc2ccccc2CC(C)C)cc1. The maximum Gasteiger partial charge on any atom is -0.00230 e. The van der Waals surface area contributed by atoms with Crippen LogP contribution in [0, 0.1) is 12.8 Å². The van der Waals surface area contributed by atoms with Gasteiger partial charge in [-0.3, -0.25) is 0 Å². The standard InChI is InChI=1S/C18H22/c1-14(2)12-17-6-4-5-7-18(17)13-16-10-8-15(3)9-11-16/h4-11,14H,12-13H2,1-3H3. The second kappa shape index (κ2) is 5.86. The molecule has 2 aromatic carbocycles. The van der Waals surface area contributed by atoms with Gasteiger partial charge < -0.3 is 0 Å². The largest absolute Gasteiger partial charge is 0.0625 e. The smallest absolute Gasteiger partial charge is 0.00230 e. The molecule has 0 saturated carbocycles. The van der Waals surface area contributed by atoms with E-state index in [1.807, 2.05) is 0 Å². The van der Waals surface area contributed by atoms with Crippen molar-refractivity contribution >= 4 is 0 Å². The Kier molecular flexibility index (Phi) is 4.19. The number of benzene rings is 2. The van der Waals surface area contributed by atoms with E-state index in [4.69, 9.17) is 0 Å². The summed E-state index contributed by atoms with van der Waals surface area (Å²) in [5, 5.41) is 0. The van der Waals surface area contributed by atoms with Crippen molar-refractivity contribution in [1.82, 2.24) is 0 Å². The van der Waals surface area contributed by atoms with Gasteiger partial charge in [-0.15, -0.1) is 0 Å². The van der Waals surface area contributed by atoms with Crippen LogP contribution in [0.15, 0.2) is 48.5 Å². The summed E-state index contributed by atoms with van der Waals surface area (Å²) < 4.78 is 0. The van der Waals surface area contributed by atoms with Crippen LogP contribution in [-0.4, -0.2) is 0 Å². The summed E-state index contributed by atoms with van der Waals surface area (Å²) in [6, 6.07) is 17.7. The van der Waals surface area contributed by atoms with Crippen LogP contribution in [0.25, 0.3) is 0 Å².